The molecule has 0 aliphatic carbocycles. The average molecular weight is 649 g/mol. The number of anilines is 1. The number of aliphatic hydroxyl groups is 1. The molecule has 2 heterocycles. The zero-order valence-electron chi connectivity index (χ0n) is 29.4. The van der Waals surface area contributed by atoms with Gasteiger partial charge in [-0.3, -0.25) is 9.78 Å². The molecule has 2 N–H and O–H groups in total. The molecule has 256 valence electrons. The van der Waals surface area contributed by atoms with E-state index in [1.807, 2.05) is 57.2 Å². The number of nitrogens with zero attached hydrogens (tertiary/aromatic N) is 2. The Morgan fingerprint density at radius 3 is 2.21 bits per heavy atom. The van der Waals surface area contributed by atoms with Gasteiger partial charge in [0.25, 0.3) is 0 Å². The molecule has 0 spiro atoms. The van der Waals surface area contributed by atoms with Crippen molar-refractivity contribution in [1.82, 2.24) is 4.98 Å². The fraction of sp³-hybridized carbons (Fsp3) is 0.487. The van der Waals surface area contributed by atoms with Crippen molar-refractivity contribution in [3.05, 3.63) is 82.9 Å². The first-order valence-electron chi connectivity index (χ1n) is 16.5. The Kier molecular flexibility index (Phi) is 13.5. The van der Waals surface area contributed by atoms with Crippen molar-refractivity contribution in [2.24, 2.45) is 5.41 Å². The minimum Gasteiger partial charge on any atom is -0.493 e. The molecule has 0 radical (unpaired) electrons. The van der Waals surface area contributed by atoms with E-state index >= 15 is 0 Å². The molecule has 8 heteroatoms. The van der Waals surface area contributed by atoms with E-state index in [0.29, 0.717) is 19.6 Å². The first-order valence-corrected chi connectivity index (χ1v) is 16.5. The minimum atomic E-state index is -0.872. The summed E-state index contributed by atoms with van der Waals surface area (Å²) in [6.45, 7) is 18.3. The quantitative estimate of drug-likeness (QED) is 0.204. The normalized spacial score (nSPS) is 14.7. The number of piperidine rings is 1. The molecule has 0 bridgehead atoms. The molecule has 4 rings (SSSR count). The van der Waals surface area contributed by atoms with Crippen LogP contribution >= 0.6 is 0 Å². The molecular formula is C39H53FN2O5. The summed E-state index contributed by atoms with van der Waals surface area (Å²) >= 11 is 0. The van der Waals surface area contributed by atoms with Crippen LogP contribution in [0.2, 0.25) is 0 Å². The lowest BCUT2D eigenvalue weighted by Gasteiger charge is -2.40. The molecule has 2 aromatic carbocycles. The largest absolute Gasteiger partial charge is 0.493 e. The van der Waals surface area contributed by atoms with Crippen molar-refractivity contribution >= 4 is 17.7 Å². The Morgan fingerprint density at radius 2 is 1.66 bits per heavy atom. The highest BCUT2D eigenvalue weighted by molar-refractivity contribution is 5.89. The monoisotopic (exact) mass is 648 g/mol. The summed E-state index contributed by atoms with van der Waals surface area (Å²) in [6.07, 6.45) is 6.70. The molecule has 1 fully saturated rings. The van der Waals surface area contributed by atoms with E-state index in [9.17, 15) is 14.3 Å². The summed E-state index contributed by atoms with van der Waals surface area (Å²) in [5.74, 6) is -0.389. The van der Waals surface area contributed by atoms with Crippen molar-refractivity contribution in [1.29, 1.82) is 0 Å². The molecule has 3 aromatic rings. The van der Waals surface area contributed by atoms with Crippen LogP contribution in [0.5, 0.6) is 5.75 Å². The van der Waals surface area contributed by atoms with Crippen LogP contribution in [0.3, 0.4) is 0 Å². The number of halogens is 1. The van der Waals surface area contributed by atoms with Crippen LogP contribution in [0.15, 0.2) is 54.6 Å². The number of hydrogen-bond donors (Lipinski definition) is 2. The summed E-state index contributed by atoms with van der Waals surface area (Å²) < 4.78 is 24.9. The highest BCUT2D eigenvalue weighted by Gasteiger charge is 2.30. The summed E-state index contributed by atoms with van der Waals surface area (Å²) in [5, 5.41) is 18.4. The zero-order chi connectivity index (χ0) is 34.8. The van der Waals surface area contributed by atoms with Crippen molar-refractivity contribution < 1.29 is 28.9 Å². The number of benzene rings is 2. The fourth-order valence-corrected chi connectivity index (χ4v) is 5.26. The van der Waals surface area contributed by atoms with Gasteiger partial charge in [-0.15, -0.1) is 0 Å². The number of carboxylic acids is 1. The molecule has 47 heavy (non-hydrogen) atoms. The van der Waals surface area contributed by atoms with E-state index in [0.717, 1.165) is 71.0 Å². The summed E-state index contributed by atoms with van der Waals surface area (Å²) in [7, 11) is 0. The maximum atomic E-state index is 13.2. The number of rotatable bonds is 12. The van der Waals surface area contributed by atoms with Gasteiger partial charge in [0.15, 0.2) is 0 Å². The van der Waals surface area contributed by atoms with E-state index in [2.05, 4.69) is 18.7 Å². The second kappa shape index (κ2) is 16.9. The molecule has 0 atom stereocenters. The van der Waals surface area contributed by atoms with Crippen LogP contribution in [0.1, 0.15) is 83.8 Å². The molecule has 7 nitrogen and oxygen atoms in total. The van der Waals surface area contributed by atoms with Gasteiger partial charge in [0.2, 0.25) is 0 Å². The van der Waals surface area contributed by atoms with E-state index in [1.54, 1.807) is 32.9 Å². The summed E-state index contributed by atoms with van der Waals surface area (Å²) in [6, 6.07) is 14.4. The molecule has 0 amide bonds. The van der Waals surface area contributed by atoms with Gasteiger partial charge < -0.3 is 24.6 Å². The molecule has 1 aromatic heterocycles. The topological polar surface area (TPSA) is 92.1 Å². The SMILES string of the molecule is CC(C)(C)O.Cc1nc(/C=C\COC(C)C)c(-c2ccc(OCCc3ccc(F)cc3)cc2)c(N2CCC(C)(C)CC2)c1CC(=O)O. The predicted octanol–water partition coefficient (Wildman–Crippen LogP) is 8.29. The van der Waals surface area contributed by atoms with Gasteiger partial charge in [0.1, 0.15) is 11.6 Å². The maximum Gasteiger partial charge on any atom is 0.307 e. The Balaban J connectivity index is 0.00000111. The Morgan fingerprint density at radius 1 is 1.06 bits per heavy atom. The number of hydrogen-bond acceptors (Lipinski definition) is 6. The molecule has 1 aliphatic rings. The summed E-state index contributed by atoms with van der Waals surface area (Å²) in [5.41, 5.74) is 5.86. The summed E-state index contributed by atoms with van der Waals surface area (Å²) in [4.78, 5) is 19.3. The number of aliphatic carboxylic acids is 1. The van der Waals surface area contributed by atoms with E-state index < -0.39 is 11.6 Å². The van der Waals surface area contributed by atoms with Gasteiger partial charge in [-0.2, -0.15) is 0 Å². The smallest absolute Gasteiger partial charge is 0.307 e. The number of carbonyl (C=O) groups is 1. The van der Waals surface area contributed by atoms with Gasteiger partial charge in [-0.1, -0.05) is 44.2 Å². The lowest BCUT2D eigenvalue weighted by atomic mass is 9.82. The fourth-order valence-electron chi connectivity index (χ4n) is 5.26. The molecular weight excluding hydrogens is 595 g/mol. The average Bonchev–Trinajstić information content (AvgIpc) is 2.97. The molecule has 1 saturated heterocycles. The second-order valence-corrected chi connectivity index (χ2v) is 14.2. The van der Waals surface area contributed by atoms with Gasteiger partial charge in [-0.25, -0.2) is 4.39 Å². The van der Waals surface area contributed by atoms with Gasteiger partial charge >= 0.3 is 5.97 Å². The maximum absolute atomic E-state index is 13.2. The minimum absolute atomic E-state index is 0.0912. The number of pyridine rings is 1. The zero-order valence-corrected chi connectivity index (χ0v) is 29.4. The molecule has 0 unspecified atom stereocenters. The van der Waals surface area contributed by atoms with Crippen LogP contribution < -0.4 is 9.64 Å². The van der Waals surface area contributed by atoms with Gasteiger partial charge in [-0.05, 0) is 101 Å². The third-order valence-electron chi connectivity index (χ3n) is 7.78. The highest BCUT2D eigenvalue weighted by atomic mass is 19.1. The predicted molar refractivity (Wildman–Crippen MR) is 189 cm³/mol. The lowest BCUT2D eigenvalue weighted by molar-refractivity contribution is -0.136. The second-order valence-electron chi connectivity index (χ2n) is 14.2. The number of carboxylic acid groups (broad SMARTS) is 1. The Hall–Kier alpha value is -3.75. The van der Waals surface area contributed by atoms with Crippen LogP contribution in [-0.4, -0.2) is 59.2 Å². The van der Waals surface area contributed by atoms with Gasteiger partial charge in [0, 0.05) is 36.3 Å². The van der Waals surface area contributed by atoms with E-state index in [4.69, 9.17) is 19.6 Å². The third kappa shape index (κ3) is 12.8. The van der Waals surface area contributed by atoms with Crippen LogP contribution in [0.4, 0.5) is 10.1 Å². The van der Waals surface area contributed by atoms with Crippen molar-refractivity contribution in [2.75, 3.05) is 31.2 Å². The van der Waals surface area contributed by atoms with Crippen LogP contribution in [0.25, 0.3) is 17.2 Å². The highest BCUT2D eigenvalue weighted by Crippen LogP contribution is 2.42. The van der Waals surface area contributed by atoms with Crippen molar-refractivity contribution in [3.63, 3.8) is 0 Å². The Bertz CT molecular complexity index is 1460. The number of aromatic nitrogens is 1. The van der Waals surface area contributed by atoms with E-state index in [-0.39, 0.29) is 23.8 Å². The first kappa shape index (κ1) is 37.7. The van der Waals surface area contributed by atoms with E-state index in [1.165, 1.54) is 12.1 Å². The number of aryl methyl sites for hydroxylation is 1. The molecule has 1 aliphatic heterocycles. The van der Waals surface area contributed by atoms with Crippen molar-refractivity contribution in [2.45, 2.75) is 92.8 Å². The van der Waals surface area contributed by atoms with Crippen LogP contribution in [-0.2, 0) is 22.4 Å². The lowest BCUT2D eigenvalue weighted by Crippen LogP contribution is -2.38. The van der Waals surface area contributed by atoms with Crippen LogP contribution in [0, 0.1) is 18.2 Å². The molecule has 0 saturated carbocycles. The van der Waals surface area contributed by atoms with Gasteiger partial charge in [0.05, 0.1) is 42.7 Å². The standard InChI is InChI=1S/C35H43FN2O4.C4H10O/c1-24(2)41-21-6-7-31-33(27-10-14-29(15-11-27)42-22-16-26-8-12-28(36)13-9-26)34(30(23-32(39)40)25(3)37-31)38-19-17-35(4,5)18-20-38;1-4(2,3)5/h6-15,24H,16-23H2,1-5H3,(H,39,40);5H,1-3H3/b7-6-;. The first-order chi connectivity index (χ1) is 22.0. The third-order valence-corrected chi connectivity index (χ3v) is 7.78. The number of ether oxygens (including phenoxy) is 2. The van der Waals surface area contributed by atoms with Crippen molar-refractivity contribution in [3.8, 4) is 16.9 Å². The Labute approximate surface area is 280 Å².